The lowest BCUT2D eigenvalue weighted by Crippen LogP contribution is -2.21. The molecule has 0 bridgehead atoms. The van der Waals surface area contributed by atoms with E-state index in [2.05, 4.69) is 42.2 Å². The van der Waals surface area contributed by atoms with Gasteiger partial charge in [0.25, 0.3) is 0 Å². The van der Waals surface area contributed by atoms with Gasteiger partial charge in [-0.2, -0.15) is 0 Å². The van der Waals surface area contributed by atoms with Crippen molar-refractivity contribution in [2.75, 3.05) is 13.2 Å². The van der Waals surface area contributed by atoms with Gasteiger partial charge in [0.1, 0.15) is 0 Å². The third-order valence-electron chi connectivity index (χ3n) is 3.05. The summed E-state index contributed by atoms with van der Waals surface area (Å²) in [4.78, 5) is 0. The van der Waals surface area contributed by atoms with E-state index < -0.39 is 0 Å². The molecule has 3 heteroatoms. The van der Waals surface area contributed by atoms with Gasteiger partial charge in [-0.3, -0.25) is 0 Å². The van der Waals surface area contributed by atoms with E-state index in [-0.39, 0.29) is 0 Å². The normalized spacial score (nSPS) is 12.9. The molecule has 2 N–H and O–H groups in total. The molecule has 1 unspecified atom stereocenters. The number of nitrogens with one attached hydrogen (secondary N) is 1. The minimum atomic E-state index is 0.295. The molecule has 0 aliphatic rings. The number of rotatable bonds is 9. The molecule has 1 atom stereocenters. The molecular formula is C14H26N2O. The number of aliphatic hydroxyl groups is 1. The summed E-state index contributed by atoms with van der Waals surface area (Å²) in [6.45, 7) is 6.79. The molecule has 0 radical (unpaired) electrons. The van der Waals surface area contributed by atoms with Crippen LogP contribution in [0.4, 0.5) is 0 Å². The topological polar surface area (TPSA) is 37.2 Å². The van der Waals surface area contributed by atoms with Gasteiger partial charge in [-0.05, 0) is 43.9 Å². The van der Waals surface area contributed by atoms with Crippen LogP contribution in [0.1, 0.15) is 51.1 Å². The van der Waals surface area contributed by atoms with Crippen molar-refractivity contribution >= 4 is 0 Å². The van der Waals surface area contributed by atoms with Gasteiger partial charge in [-0.1, -0.05) is 13.8 Å². The van der Waals surface area contributed by atoms with E-state index in [0.717, 1.165) is 32.4 Å². The predicted octanol–water partition coefficient (Wildman–Crippen LogP) is 2.71. The van der Waals surface area contributed by atoms with Crippen molar-refractivity contribution in [3.05, 3.63) is 24.0 Å². The molecule has 0 aromatic carbocycles. The Hall–Kier alpha value is -0.800. The van der Waals surface area contributed by atoms with Crippen LogP contribution in [-0.4, -0.2) is 22.8 Å². The molecule has 0 spiro atoms. The number of hydrogen-bond donors (Lipinski definition) is 2. The van der Waals surface area contributed by atoms with Crippen LogP contribution < -0.4 is 5.32 Å². The summed E-state index contributed by atoms with van der Waals surface area (Å²) >= 11 is 0. The number of unbranched alkanes of at least 4 members (excludes halogenated alkanes) is 1. The molecule has 98 valence electrons. The number of hydrogen-bond acceptors (Lipinski definition) is 2. The van der Waals surface area contributed by atoms with Crippen LogP contribution in [0.15, 0.2) is 18.5 Å². The molecule has 17 heavy (non-hydrogen) atoms. The first kappa shape index (κ1) is 14.3. The second-order valence-corrected chi connectivity index (χ2v) is 4.53. The van der Waals surface area contributed by atoms with Crippen molar-refractivity contribution in [3.63, 3.8) is 0 Å². The number of aliphatic hydroxyl groups excluding tert-OH is 1. The molecule has 0 amide bonds. The van der Waals surface area contributed by atoms with Crippen molar-refractivity contribution in [1.29, 1.82) is 0 Å². The fraction of sp³-hybridized carbons (Fsp3) is 0.714. The summed E-state index contributed by atoms with van der Waals surface area (Å²) in [5.41, 5.74) is 1.38. The highest BCUT2D eigenvalue weighted by molar-refractivity contribution is 5.15. The highest BCUT2D eigenvalue weighted by atomic mass is 16.2. The second-order valence-electron chi connectivity index (χ2n) is 4.53. The minimum absolute atomic E-state index is 0.295. The largest absolute Gasteiger partial charge is 0.396 e. The average molecular weight is 238 g/mol. The van der Waals surface area contributed by atoms with E-state index in [1.165, 1.54) is 12.0 Å². The fourth-order valence-corrected chi connectivity index (χ4v) is 2.03. The Morgan fingerprint density at radius 1 is 1.35 bits per heavy atom. The molecule has 3 nitrogen and oxygen atoms in total. The molecule has 1 aromatic rings. The third kappa shape index (κ3) is 4.92. The maximum absolute atomic E-state index is 8.75. The molecule has 0 saturated carbocycles. The molecule has 1 heterocycles. The summed E-state index contributed by atoms with van der Waals surface area (Å²) < 4.78 is 2.22. The van der Waals surface area contributed by atoms with Crippen molar-refractivity contribution < 1.29 is 5.11 Å². The van der Waals surface area contributed by atoms with E-state index in [4.69, 9.17) is 5.11 Å². The van der Waals surface area contributed by atoms with Crippen molar-refractivity contribution in [2.24, 2.45) is 0 Å². The van der Waals surface area contributed by atoms with Crippen molar-refractivity contribution in [3.8, 4) is 0 Å². The summed E-state index contributed by atoms with van der Waals surface area (Å²) in [7, 11) is 0. The van der Waals surface area contributed by atoms with Crippen LogP contribution in [0.25, 0.3) is 0 Å². The highest BCUT2D eigenvalue weighted by Crippen LogP contribution is 2.17. The first-order valence-electron chi connectivity index (χ1n) is 6.81. The zero-order valence-corrected chi connectivity index (χ0v) is 11.2. The van der Waals surface area contributed by atoms with Gasteiger partial charge in [-0.15, -0.1) is 0 Å². The lowest BCUT2D eigenvalue weighted by atomic mass is 10.1. The average Bonchev–Trinajstić information content (AvgIpc) is 2.79. The smallest absolute Gasteiger partial charge is 0.0431 e. The van der Waals surface area contributed by atoms with Crippen LogP contribution in [0.2, 0.25) is 0 Å². The van der Waals surface area contributed by atoms with Gasteiger partial charge in [0.05, 0.1) is 0 Å². The van der Waals surface area contributed by atoms with Gasteiger partial charge < -0.3 is 15.0 Å². The Labute approximate surface area is 105 Å². The van der Waals surface area contributed by atoms with Gasteiger partial charge >= 0.3 is 0 Å². The molecule has 0 saturated heterocycles. The predicted molar refractivity (Wildman–Crippen MR) is 72.1 cm³/mol. The summed E-state index contributed by atoms with van der Waals surface area (Å²) in [5.74, 6) is 0. The van der Waals surface area contributed by atoms with Crippen LogP contribution in [0.5, 0.6) is 0 Å². The number of aryl methyl sites for hydroxylation is 1. The molecule has 1 rings (SSSR count). The SMILES string of the molecule is CCCNC(CC)c1ccn(CCCCO)c1. The standard InChI is InChI=1S/C14H26N2O/c1-3-8-15-14(4-2)13-7-10-16(12-13)9-5-6-11-17/h7,10,12,14-15,17H,3-6,8-9,11H2,1-2H3. The number of aromatic nitrogens is 1. The lowest BCUT2D eigenvalue weighted by Gasteiger charge is -2.15. The Kier molecular flexibility index (Phi) is 6.97. The Bertz CT molecular complexity index is 296. The molecule has 0 aliphatic carbocycles. The Balaban J connectivity index is 2.46. The van der Waals surface area contributed by atoms with E-state index in [9.17, 15) is 0 Å². The van der Waals surface area contributed by atoms with Crippen LogP contribution >= 0.6 is 0 Å². The minimum Gasteiger partial charge on any atom is -0.396 e. The zero-order chi connectivity index (χ0) is 12.5. The first-order valence-corrected chi connectivity index (χ1v) is 6.81. The van der Waals surface area contributed by atoms with E-state index in [1.807, 2.05) is 0 Å². The lowest BCUT2D eigenvalue weighted by molar-refractivity contribution is 0.281. The molecular weight excluding hydrogens is 212 g/mol. The van der Waals surface area contributed by atoms with Gasteiger partial charge in [0, 0.05) is 31.6 Å². The Morgan fingerprint density at radius 3 is 2.82 bits per heavy atom. The van der Waals surface area contributed by atoms with E-state index in [1.54, 1.807) is 0 Å². The first-order chi connectivity index (χ1) is 8.31. The second kappa shape index (κ2) is 8.31. The maximum Gasteiger partial charge on any atom is 0.0431 e. The van der Waals surface area contributed by atoms with Crippen LogP contribution in [0.3, 0.4) is 0 Å². The third-order valence-corrected chi connectivity index (χ3v) is 3.05. The summed E-state index contributed by atoms with van der Waals surface area (Å²) in [6, 6.07) is 2.68. The van der Waals surface area contributed by atoms with Gasteiger partial charge in [0.15, 0.2) is 0 Å². The zero-order valence-electron chi connectivity index (χ0n) is 11.2. The molecule has 0 fully saturated rings. The highest BCUT2D eigenvalue weighted by Gasteiger charge is 2.09. The van der Waals surface area contributed by atoms with Gasteiger partial charge in [0.2, 0.25) is 0 Å². The molecule has 1 aromatic heterocycles. The van der Waals surface area contributed by atoms with Gasteiger partial charge in [-0.25, -0.2) is 0 Å². The maximum atomic E-state index is 8.75. The van der Waals surface area contributed by atoms with Crippen molar-refractivity contribution in [2.45, 2.75) is 52.1 Å². The monoisotopic (exact) mass is 238 g/mol. The fourth-order valence-electron chi connectivity index (χ4n) is 2.03. The quantitative estimate of drug-likeness (QED) is 0.649. The van der Waals surface area contributed by atoms with E-state index >= 15 is 0 Å². The number of nitrogens with zero attached hydrogens (tertiary/aromatic N) is 1. The van der Waals surface area contributed by atoms with Crippen LogP contribution in [-0.2, 0) is 6.54 Å². The van der Waals surface area contributed by atoms with Crippen molar-refractivity contribution in [1.82, 2.24) is 9.88 Å². The molecule has 0 aliphatic heterocycles. The summed E-state index contributed by atoms with van der Waals surface area (Å²) in [5, 5.41) is 12.3. The summed E-state index contributed by atoms with van der Waals surface area (Å²) in [6.07, 6.45) is 8.61. The van der Waals surface area contributed by atoms with E-state index in [0.29, 0.717) is 12.6 Å². The Morgan fingerprint density at radius 2 is 2.18 bits per heavy atom. The van der Waals surface area contributed by atoms with Crippen LogP contribution in [0, 0.1) is 0 Å².